The van der Waals surface area contributed by atoms with Crippen LogP contribution in [-0.2, 0) is 0 Å². The van der Waals surface area contributed by atoms with E-state index in [-0.39, 0.29) is 23.4 Å². The van der Waals surface area contributed by atoms with Gasteiger partial charge in [-0.1, -0.05) is 55.3 Å². The fourth-order valence-electron chi connectivity index (χ4n) is 7.43. The molecule has 3 fully saturated rings. The van der Waals surface area contributed by atoms with Crippen molar-refractivity contribution < 1.29 is 9.59 Å². The van der Waals surface area contributed by atoms with Gasteiger partial charge in [0.2, 0.25) is 0 Å². The number of aromatic nitrogens is 2. The minimum absolute atomic E-state index is 0.0994. The number of piperidine rings is 2. The molecule has 2 atom stereocenters. The highest BCUT2D eigenvalue weighted by atomic mass is 16.1. The number of Topliss-reactive ketones (excluding diaryl/α,β-unsaturated/α-hetero) is 1. The summed E-state index contributed by atoms with van der Waals surface area (Å²) in [7, 11) is 0. The van der Waals surface area contributed by atoms with Crippen molar-refractivity contribution in [2.24, 2.45) is 11.7 Å². The fourth-order valence-corrected chi connectivity index (χ4v) is 7.43. The van der Waals surface area contributed by atoms with Crippen LogP contribution in [0.1, 0.15) is 97.0 Å². The van der Waals surface area contributed by atoms with E-state index in [2.05, 4.69) is 51.3 Å². The van der Waals surface area contributed by atoms with Crippen LogP contribution in [0.2, 0.25) is 0 Å². The van der Waals surface area contributed by atoms with Gasteiger partial charge in [0, 0.05) is 36.3 Å². The average molecular weight is 581 g/mol. The predicted molar refractivity (Wildman–Crippen MR) is 171 cm³/mol. The van der Waals surface area contributed by atoms with Crippen LogP contribution < -0.4 is 16.0 Å². The van der Waals surface area contributed by atoms with E-state index in [0.717, 1.165) is 36.7 Å². The van der Waals surface area contributed by atoms with E-state index in [4.69, 9.17) is 10.7 Å². The average Bonchev–Trinajstić information content (AvgIpc) is 3.58. The van der Waals surface area contributed by atoms with Crippen LogP contribution >= 0.6 is 0 Å². The molecule has 0 radical (unpaired) electrons. The van der Waals surface area contributed by atoms with Gasteiger partial charge in [0.05, 0.1) is 6.20 Å². The summed E-state index contributed by atoms with van der Waals surface area (Å²) in [5, 5.41) is 3.32. The van der Waals surface area contributed by atoms with Gasteiger partial charge in [-0.05, 0) is 88.1 Å². The van der Waals surface area contributed by atoms with Gasteiger partial charge in [0.15, 0.2) is 17.3 Å². The number of likely N-dealkylation sites (tertiary alicyclic amines) is 1. The highest BCUT2D eigenvalue weighted by Crippen LogP contribution is 2.34. The Morgan fingerprint density at radius 1 is 0.907 bits per heavy atom. The summed E-state index contributed by atoms with van der Waals surface area (Å²) in [6.45, 7) is 5.34. The monoisotopic (exact) mass is 580 g/mol. The molecule has 2 aliphatic heterocycles. The second-order valence-electron chi connectivity index (χ2n) is 12.6. The molecular weight excluding hydrogens is 536 g/mol. The molecule has 43 heavy (non-hydrogen) atoms. The first kappa shape index (κ1) is 29.3. The lowest BCUT2D eigenvalue weighted by molar-refractivity contribution is 0.0944. The Kier molecular flexibility index (Phi) is 9.03. The number of nitrogens with zero attached hydrogens (tertiary/aromatic N) is 4. The number of ketones is 1. The number of rotatable bonds is 9. The molecule has 1 aliphatic carbocycles. The van der Waals surface area contributed by atoms with Crippen LogP contribution in [-0.4, -0.2) is 58.3 Å². The van der Waals surface area contributed by atoms with Crippen molar-refractivity contribution in [2.75, 3.05) is 29.9 Å². The van der Waals surface area contributed by atoms with Crippen LogP contribution in [0.3, 0.4) is 0 Å². The van der Waals surface area contributed by atoms with Gasteiger partial charge in [0.25, 0.3) is 5.91 Å². The first-order valence-electron chi connectivity index (χ1n) is 16.1. The molecule has 3 N–H and O–H groups in total. The van der Waals surface area contributed by atoms with Crippen molar-refractivity contribution in [2.45, 2.75) is 82.7 Å². The quantitative estimate of drug-likeness (QED) is 0.286. The lowest BCUT2D eigenvalue weighted by atomic mass is 9.85. The number of carbonyl (C=O) groups is 2. The third kappa shape index (κ3) is 6.74. The normalized spacial score (nSPS) is 22.0. The minimum atomic E-state index is -0.620. The molecular formula is C35H44N6O2. The number of nitrogens with two attached hydrogens (primary N) is 1. The zero-order chi connectivity index (χ0) is 29.8. The third-order valence-corrected chi connectivity index (χ3v) is 9.99. The molecule has 3 heterocycles. The summed E-state index contributed by atoms with van der Waals surface area (Å²) >= 11 is 0. The lowest BCUT2D eigenvalue weighted by Gasteiger charge is -2.40. The summed E-state index contributed by atoms with van der Waals surface area (Å²) in [5.41, 5.74) is 8.78. The Balaban J connectivity index is 1.13. The molecule has 1 saturated carbocycles. The van der Waals surface area contributed by atoms with Gasteiger partial charge in [-0.25, -0.2) is 9.97 Å². The van der Waals surface area contributed by atoms with Crippen LogP contribution in [0.25, 0.3) is 0 Å². The Labute approximate surface area is 255 Å². The topological polar surface area (TPSA) is 104 Å². The van der Waals surface area contributed by atoms with E-state index >= 15 is 0 Å². The predicted octanol–water partition coefficient (Wildman–Crippen LogP) is 6.32. The molecule has 226 valence electrons. The number of carbonyl (C=O) groups excluding carboxylic acids is 2. The minimum Gasteiger partial charge on any atom is -0.364 e. The molecule has 2 aromatic carbocycles. The van der Waals surface area contributed by atoms with Crippen molar-refractivity contribution in [3.63, 3.8) is 0 Å². The van der Waals surface area contributed by atoms with E-state index in [9.17, 15) is 9.59 Å². The van der Waals surface area contributed by atoms with Crippen molar-refractivity contribution in [1.29, 1.82) is 0 Å². The molecule has 0 unspecified atom stereocenters. The molecule has 0 bridgehead atoms. The van der Waals surface area contributed by atoms with Crippen molar-refractivity contribution in [3.05, 3.63) is 77.6 Å². The Bertz CT molecular complexity index is 1400. The van der Waals surface area contributed by atoms with Gasteiger partial charge in [-0.2, -0.15) is 0 Å². The number of anilines is 3. The van der Waals surface area contributed by atoms with Crippen LogP contribution in [0, 0.1) is 5.92 Å². The number of nitrogens with one attached hydrogen (secondary N) is 1. The molecule has 1 amide bonds. The lowest BCUT2D eigenvalue weighted by Crippen LogP contribution is -2.44. The number of primary amides is 1. The van der Waals surface area contributed by atoms with E-state index < -0.39 is 5.91 Å². The van der Waals surface area contributed by atoms with E-state index in [0.29, 0.717) is 24.0 Å². The molecule has 3 aromatic rings. The van der Waals surface area contributed by atoms with E-state index in [1.54, 1.807) is 6.20 Å². The maximum atomic E-state index is 13.0. The highest BCUT2D eigenvalue weighted by molar-refractivity contribution is 5.97. The van der Waals surface area contributed by atoms with Crippen molar-refractivity contribution in [3.8, 4) is 0 Å². The zero-order valence-electron chi connectivity index (χ0n) is 25.3. The third-order valence-electron chi connectivity index (χ3n) is 9.99. The molecule has 3 aliphatic rings. The molecule has 1 aromatic heterocycles. The highest BCUT2D eigenvalue weighted by Gasteiger charge is 2.32. The molecule has 2 saturated heterocycles. The molecule has 8 nitrogen and oxygen atoms in total. The van der Waals surface area contributed by atoms with E-state index in [1.165, 1.54) is 57.2 Å². The Morgan fingerprint density at radius 3 is 2.33 bits per heavy atom. The summed E-state index contributed by atoms with van der Waals surface area (Å²) in [4.78, 5) is 39.4. The summed E-state index contributed by atoms with van der Waals surface area (Å²) < 4.78 is 0. The Morgan fingerprint density at radius 2 is 1.63 bits per heavy atom. The van der Waals surface area contributed by atoms with Crippen molar-refractivity contribution >= 4 is 29.0 Å². The number of amides is 1. The van der Waals surface area contributed by atoms with Gasteiger partial charge in [0.1, 0.15) is 5.82 Å². The smallest absolute Gasteiger partial charge is 0.271 e. The summed E-state index contributed by atoms with van der Waals surface area (Å²) in [6.07, 6.45) is 12.0. The van der Waals surface area contributed by atoms with Crippen LogP contribution in [0.4, 0.5) is 17.3 Å². The largest absolute Gasteiger partial charge is 0.364 e. The number of hydrogen-bond donors (Lipinski definition) is 2. The van der Waals surface area contributed by atoms with Gasteiger partial charge < -0.3 is 20.9 Å². The maximum Gasteiger partial charge on any atom is 0.271 e. The number of benzene rings is 2. The second kappa shape index (κ2) is 13.2. The zero-order valence-corrected chi connectivity index (χ0v) is 25.3. The molecule has 6 rings (SSSR count). The standard InChI is InChI=1S/C35H44N6O2/c1-24-28(22-31(42)27-8-3-2-4-9-27)10-7-19-41(24)32-23-37-33(34(36)43)35(39-32)38-29-15-13-25(14-16-29)26-17-20-40(21-18-26)30-11-5-6-12-30/h2-4,8-9,13-16,23-24,26,28,30H,5-7,10-12,17-22H2,1H3,(H2,36,43)(H,38,39)/t24-,28+/m1/s1. The van der Waals surface area contributed by atoms with Crippen LogP contribution in [0.5, 0.6) is 0 Å². The van der Waals surface area contributed by atoms with Crippen LogP contribution in [0.15, 0.2) is 60.8 Å². The number of hydrogen-bond acceptors (Lipinski definition) is 7. The van der Waals surface area contributed by atoms with Gasteiger partial charge in [-0.15, -0.1) is 0 Å². The second-order valence-corrected chi connectivity index (χ2v) is 12.6. The molecule has 0 spiro atoms. The van der Waals surface area contributed by atoms with Crippen molar-refractivity contribution in [1.82, 2.24) is 14.9 Å². The van der Waals surface area contributed by atoms with Gasteiger partial charge in [-0.3, -0.25) is 9.59 Å². The maximum absolute atomic E-state index is 13.0. The fraction of sp³-hybridized carbons (Fsp3) is 0.486. The summed E-state index contributed by atoms with van der Waals surface area (Å²) in [5.74, 6) is 1.37. The van der Waals surface area contributed by atoms with Gasteiger partial charge >= 0.3 is 0 Å². The Hall–Kier alpha value is -3.78. The SMILES string of the molecule is C[C@@H]1[C@H](CC(=O)c2ccccc2)CCCN1c1cnc(C(N)=O)c(Nc2ccc(C3CCN(C4CCCC4)CC3)cc2)n1. The first-order chi connectivity index (χ1) is 21.0. The first-order valence-corrected chi connectivity index (χ1v) is 16.1. The summed E-state index contributed by atoms with van der Waals surface area (Å²) in [6, 6.07) is 18.9. The molecule has 8 heteroatoms. The van der Waals surface area contributed by atoms with E-state index in [1.807, 2.05) is 30.3 Å².